The van der Waals surface area contributed by atoms with Gasteiger partial charge >= 0.3 is 0 Å². The summed E-state index contributed by atoms with van der Waals surface area (Å²) in [4.78, 5) is 0. The van der Waals surface area contributed by atoms with Crippen LogP contribution in [0.1, 0.15) is 26.7 Å². The van der Waals surface area contributed by atoms with E-state index in [-0.39, 0.29) is 5.48 Å². The highest BCUT2D eigenvalue weighted by Gasteiger charge is 1.90. The van der Waals surface area contributed by atoms with Crippen molar-refractivity contribution in [3.05, 3.63) is 24.0 Å². The Kier molecular flexibility index (Phi) is 10.00. The van der Waals surface area contributed by atoms with Gasteiger partial charge in [0.05, 0.1) is 5.76 Å². The smallest absolute Gasteiger partial charge is 0.106 e. The average molecular weight is 185 g/mol. The van der Waals surface area contributed by atoms with Gasteiger partial charge in [-0.2, -0.15) is 0 Å². The normalized spacial score (nSPS) is 10.2. The molecule has 0 aliphatic heterocycles. The highest BCUT2D eigenvalue weighted by molar-refractivity contribution is 5.74. The van der Waals surface area contributed by atoms with Crippen molar-refractivity contribution in [2.24, 2.45) is 0 Å². The zero-order valence-corrected chi connectivity index (χ0v) is 8.39. The van der Waals surface area contributed by atoms with Gasteiger partial charge in [0.2, 0.25) is 0 Å². The number of nitrogens with one attached hydrogen (secondary N) is 1. The van der Waals surface area contributed by atoms with Crippen LogP contribution in [0.25, 0.3) is 0 Å². The van der Waals surface area contributed by atoms with E-state index in [1.54, 1.807) is 0 Å². The lowest BCUT2D eigenvalue weighted by atomic mass is 10.3. The molecule has 0 aromatic carbocycles. The first-order valence-electron chi connectivity index (χ1n) is 4.18. The van der Waals surface area contributed by atoms with E-state index < -0.39 is 0 Å². The Balaban J connectivity index is 0. The molecule has 0 aromatic heterocycles. The molecular weight excluding hydrogens is 166 g/mol. The fourth-order valence-electron chi connectivity index (χ4n) is 0.701. The Morgan fingerprint density at radius 3 is 2.62 bits per heavy atom. The molecule has 0 saturated carbocycles. The van der Waals surface area contributed by atoms with Gasteiger partial charge in [-0.3, -0.25) is 0 Å². The first-order valence-corrected chi connectivity index (χ1v) is 4.18. The summed E-state index contributed by atoms with van der Waals surface area (Å²) in [7, 11) is 0. The molecule has 13 heavy (non-hydrogen) atoms. The van der Waals surface area contributed by atoms with Crippen molar-refractivity contribution in [3.63, 3.8) is 0 Å². The van der Waals surface area contributed by atoms with E-state index in [1.165, 1.54) is 6.21 Å². The Morgan fingerprint density at radius 1 is 1.54 bits per heavy atom. The molecule has 0 spiro atoms. The monoisotopic (exact) mass is 185 g/mol. The molecule has 0 atom stereocenters. The van der Waals surface area contributed by atoms with Crippen molar-refractivity contribution in [3.8, 4) is 0 Å². The number of rotatable bonds is 6. The van der Waals surface area contributed by atoms with E-state index in [2.05, 4.69) is 13.5 Å². The third kappa shape index (κ3) is 8.82. The van der Waals surface area contributed by atoms with E-state index in [0.717, 1.165) is 24.2 Å². The zero-order chi connectivity index (χ0) is 9.40. The van der Waals surface area contributed by atoms with Gasteiger partial charge in [0, 0.05) is 12.6 Å². The van der Waals surface area contributed by atoms with E-state index >= 15 is 0 Å². The van der Waals surface area contributed by atoms with Crippen LogP contribution in [0.5, 0.6) is 0 Å². The first kappa shape index (κ1) is 14.4. The maximum atomic E-state index is 6.90. The second kappa shape index (κ2) is 9.00. The summed E-state index contributed by atoms with van der Waals surface area (Å²) >= 11 is 0. The lowest BCUT2D eigenvalue weighted by Gasteiger charge is -2.04. The zero-order valence-electron chi connectivity index (χ0n) is 8.39. The number of hydrogen-bond acceptors (Lipinski definition) is 2. The quantitative estimate of drug-likeness (QED) is 0.499. The summed E-state index contributed by atoms with van der Waals surface area (Å²) < 4.78 is 5.28. The van der Waals surface area contributed by atoms with E-state index in [4.69, 9.17) is 10.1 Å². The van der Waals surface area contributed by atoms with Gasteiger partial charge in [-0.25, -0.2) is 0 Å². The van der Waals surface area contributed by atoms with Crippen molar-refractivity contribution in [1.29, 1.82) is 5.41 Å². The SMILES string of the molecule is C=C(CCC)OC/C=C(\C)C=N.O. The standard InChI is InChI=1S/C10H17NO.H2O/c1-4-5-10(3)12-7-6-9(2)8-11;/h6,8,11H,3-5,7H2,1-2H3;1H2/b9-6+,11-8?;. The Hall–Kier alpha value is -1.09. The largest absolute Gasteiger partial charge is 0.494 e. The van der Waals surface area contributed by atoms with Crippen LogP contribution in [-0.2, 0) is 4.74 Å². The predicted octanol–water partition coefficient (Wildman–Crippen LogP) is 2.09. The first-order chi connectivity index (χ1) is 5.70. The Labute approximate surface area is 79.9 Å². The molecule has 0 aromatic rings. The van der Waals surface area contributed by atoms with Crippen LogP contribution in [0.3, 0.4) is 0 Å². The summed E-state index contributed by atoms with van der Waals surface area (Å²) in [6.45, 7) is 8.25. The third-order valence-electron chi connectivity index (χ3n) is 1.45. The van der Waals surface area contributed by atoms with E-state index in [1.807, 2.05) is 13.0 Å². The van der Waals surface area contributed by atoms with Crippen LogP contribution < -0.4 is 0 Å². The highest BCUT2D eigenvalue weighted by atomic mass is 16.5. The van der Waals surface area contributed by atoms with Gasteiger partial charge in [-0.05, 0) is 25.0 Å². The molecule has 0 aliphatic rings. The third-order valence-corrected chi connectivity index (χ3v) is 1.45. The van der Waals surface area contributed by atoms with Crippen molar-refractivity contribution < 1.29 is 10.2 Å². The molecular formula is C10H19NO2. The molecule has 0 aliphatic carbocycles. The number of ether oxygens (including phenoxy) is 1. The van der Waals surface area contributed by atoms with Crippen LogP contribution in [0.2, 0.25) is 0 Å². The molecule has 0 saturated heterocycles. The lowest BCUT2D eigenvalue weighted by molar-refractivity contribution is 0.236. The van der Waals surface area contributed by atoms with Gasteiger partial charge in [0.25, 0.3) is 0 Å². The Morgan fingerprint density at radius 2 is 2.15 bits per heavy atom. The molecule has 3 heteroatoms. The predicted molar refractivity (Wildman–Crippen MR) is 56.2 cm³/mol. The molecule has 76 valence electrons. The van der Waals surface area contributed by atoms with Crippen molar-refractivity contribution in [2.75, 3.05) is 6.61 Å². The maximum Gasteiger partial charge on any atom is 0.106 e. The van der Waals surface area contributed by atoms with Crippen molar-refractivity contribution >= 4 is 6.21 Å². The fourth-order valence-corrected chi connectivity index (χ4v) is 0.701. The molecule has 0 amide bonds. The summed E-state index contributed by atoms with van der Waals surface area (Å²) in [6.07, 6.45) is 5.16. The van der Waals surface area contributed by atoms with Crippen molar-refractivity contribution in [2.45, 2.75) is 26.7 Å². The molecule has 0 unspecified atom stereocenters. The molecule has 0 radical (unpaired) electrons. The summed E-state index contributed by atoms with van der Waals surface area (Å²) in [5.41, 5.74) is 0.916. The van der Waals surface area contributed by atoms with Gasteiger partial charge in [0.15, 0.2) is 0 Å². The molecule has 0 heterocycles. The van der Waals surface area contributed by atoms with Crippen LogP contribution in [0, 0.1) is 5.41 Å². The van der Waals surface area contributed by atoms with Gasteiger partial charge in [-0.15, -0.1) is 0 Å². The molecule has 0 rings (SSSR count). The highest BCUT2D eigenvalue weighted by Crippen LogP contribution is 2.03. The van der Waals surface area contributed by atoms with Crippen LogP contribution in [-0.4, -0.2) is 18.3 Å². The number of hydrogen-bond donors (Lipinski definition) is 1. The molecule has 0 fully saturated rings. The molecule has 0 bridgehead atoms. The van der Waals surface area contributed by atoms with Gasteiger partial charge in [0.1, 0.15) is 6.61 Å². The van der Waals surface area contributed by atoms with Crippen LogP contribution in [0.4, 0.5) is 0 Å². The summed E-state index contributed by atoms with van der Waals surface area (Å²) in [5, 5.41) is 6.90. The lowest BCUT2D eigenvalue weighted by Crippen LogP contribution is -1.91. The minimum Gasteiger partial charge on any atom is -0.494 e. The van der Waals surface area contributed by atoms with E-state index in [9.17, 15) is 0 Å². The minimum absolute atomic E-state index is 0. The van der Waals surface area contributed by atoms with Crippen LogP contribution >= 0.6 is 0 Å². The second-order valence-corrected chi connectivity index (χ2v) is 2.69. The summed E-state index contributed by atoms with van der Waals surface area (Å²) in [5.74, 6) is 0.825. The maximum absolute atomic E-state index is 6.90. The van der Waals surface area contributed by atoms with E-state index in [0.29, 0.717) is 6.61 Å². The van der Waals surface area contributed by atoms with Gasteiger partial charge < -0.3 is 15.6 Å². The Bertz CT molecular complexity index is 185. The second-order valence-electron chi connectivity index (χ2n) is 2.69. The number of allylic oxidation sites excluding steroid dienone is 2. The average Bonchev–Trinajstić information content (AvgIpc) is 2.04. The summed E-state index contributed by atoms with van der Waals surface area (Å²) in [6, 6.07) is 0. The molecule has 3 nitrogen and oxygen atoms in total. The van der Waals surface area contributed by atoms with Gasteiger partial charge in [-0.1, -0.05) is 13.5 Å². The fraction of sp³-hybridized carbons (Fsp3) is 0.500. The molecule has 3 N–H and O–H groups in total. The topological polar surface area (TPSA) is 64.6 Å². The minimum atomic E-state index is 0. The van der Waals surface area contributed by atoms with Crippen LogP contribution in [0.15, 0.2) is 24.0 Å². The van der Waals surface area contributed by atoms with Crippen molar-refractivity contribution in [1.82, 2.24) is 0 Å².